The molecule has 1 aliphatic rings. The van der Waals surface area contributed by atoms with Gasteiger partial charge in [0.05, 0.1) is 0 Å². The number of rotatable bonds is 4. The maximum absolute atomic E-state index is 12.0. The standard InChI is InChI=1S/C9H17O5P/c1-7-5-8(11-2)14-9(6-7)15(10,12-3)13-4/h6-8H,5H2,1-4H3/t7-,8+/m0/s1. The molecule has 0 aliphatic carbocycles. The fourth-order valence-corrected chi connectivity index (χ4v) is 2.58. The number of methoxy groups -OCH3 is 1. The zero-order valence-corrected chi connectivity index (χ0v) is 10.3. The van der Waals surface area contributed by atoms with Crippen LogP contribution in [0, 0.1) is 5.92 Å². The van der Waals surface area contributed by atoms with Crippen LogP contribution >= 0.6 is 7.60 Å². The SMILES string of the molecule is CO[C@H]1C[C@H](C)C=C(P(=O)(OC)OC)O1. The lowest BCUT2D eigenvalue weighted by Crippen LogP contribution is -2.22. The minimum Gasteiger partial charge on any atom is -0.457 e. The molecule has 1 rings (SSSR count). The van der Waals surface area contributed by atoms with E-state index in [1.54, 1.807) is 13.2 Å². The Morgan fingerprint density at radius 3 is 2.47 bits per heavy atom. The van der Waals surface area contributed by atoms with Crippen LogP contribution in [0.25, 0.3) is 0 Å². The van der Waals surface area contributed by atoms with Gasteiger partial charge < -0.3 is 18.5 Å². The van der Waals surface area contributed by atoms with Crippen molar-refractivity contribution in [3.8, 4) is 0 Å². The first-order chi connectivity index (χ1) is 7.05. The van der Waals surface area contributed by atoms with E-state index in [1.807, 2.05) is 6.92 Å². The van der Waals surface area contributed by atoms with Crippen molar-refractivity contribution in [2.24, 2.45) is 5.92 Å². The third-order valence-electron chi connectivity index (χ3n) is 2.26. The van der Waals surface area contributed by atoms with Crippen LogP contribution < -0.4 is 0 Å². The minimum absolute atomic E-state index is 0.220. The molecule has 0 bridgehead atoms. The monoisotopic (exact) mass is 236 g/mol. The highest BCUT2D eigenvalue weighted by Crippen LogP contribution is 2.57. The van der Waals surface area contributed by atoms with Gasteiger partial charge in [-0.1, -0.05) is 6.92 Å². The van der Waals surface area contributed by atoms with Gasteiger partial charge in [0, 0.05) is 27.8 Å². The first-order valence-electron chi connectivity index (χ1n) is 4.69. The maximum atomic E-state index is 12.0. The van der Waals surface area contributed by atoms with Gasteiger partial charge in [0.25, 0.3) is 0 Å². The van der Waals surface area contributed by atoms with Crippen LogP contribution in [-0.2, 0) is 23.1 Å². The molecule has 1 aliphatic heterocycles. The van der Waals surface area contributed by atoms with Crippen molar-refractivity contribution in [1.29, 1.82) is 0 Å². The van der Waals surface area contributed by atoms with Gasteiger partial charge in [0.2, 0.25) is 11.8 Å². The quantitative estimate of drug-likeness (QED) is 0.701. The second-order valence-corrected chi connectivity index (χ2v) is 5.53. The molecule has 0 saturated carbocycles. The smallest absolute Gasteiger partial charge is 0.394 e. The van der Waals surface area contributed by atoms with Gasteiger partial charge >= 0.3 is 7.60 Å². The van der Waals surface area contributed by atoms with Crippen molar-refractivity contribution in [3.05, 3.63) is 11.6 Å². The van der Waals surface area contributed by atoms with E-state index < -0.39 is 13.9 Å². The maximum Gasteiger partial charge on any atom is 0.394 e. The third kappa shape index (κ3) is 2.82. The topological polar surface area (TPSA) is 54.0 Å². The van der Waals surface area contributed by atoms with E-state index in [1.165, 1.54) is 14.2 Å². The largest absolute Gasteiger partial charge is 0.457 e. The summed E-state index contributed by atoms with van der Waals surface area (Å²) in [5, 5.41) is 0. The van der Waals surface area contributed by atoms with Gasteiger partial charge in [0.15, 0.2) is 0 Å². The van der Waals surface area contributed by atoms with Crippen LogP contribution in [0.4, 0.5) is 0 Å². The van der Waals surface area contributed by atoms with E-state index in [-0.39, 0.29) is 11.4 Å². The molecule has 0 aromatic heterocycles. The Hall–Kier alpha value is -0.350. The average Bonchev–Trinajstić information content (AvgIpc) is 2.27. The van der Waals surface area contributed by atoms with Crippen LogP contribution in [-0.4, -0.2) is 27.6 Å². The fourth-order valence-electron chi connectivity index (χ4n) is 1.39. The molecule has 0 aromatic rings. The fraction of sp³-hybridized carbons (Fsp3) is 0.778. The molecule has 15 heavy (non-hydrogen) atoms. The van der Waals surface area contributed by atoms with E-state index in [9.17, 15) is 4.57 Å². The molecule has 0 aromatic carbocycles. The Kier molecular flexibility index (Phi) is 4.34. The molecule has 88 valence electrons. The van der Waals surface area contributed by atoms with Gasteiger partial charge in [-0.2, -0.15) is 0 Å². The average molecular weight is 236 g/mol. The molecule has 6 heteroatoms. The predicted molar refractivity (Wildman–Crippen MR) is 55.4 cm³/mol. The summed E-state index contributed by atoms with van der Waals surface area (Å²) in [6, 6.07) is 0. The van der Waals surface area contributed by atoms with Crippen LogP contribution in [0.5, 0.6) is 0 Å². The van der Waals surface area contributed by atoms with Gasteiger partial charge in [-0.3, -0.25) is 4.57 Å². The van der Waals surface area contributed by atoms with Crippen LogP contribution in [0.2, 0.25) is 0 Å². The zero-order valence-electron chi connectivity index (χ0n) is 9.43. The van der Waals surface area contributed by atoms with Gasteiger partial charge in [-0.05, 0) is 12.0 Å². The summed E-state index contributed by atoms with van der Waals surface area (Å²) in [6.45, 7) is 1.99. The second kappa shape index (κ2) is 5.12. The minimum atomic E-state index is -3.29. The molecule has 5 nitrogen and oxygen atoms in total. The van der Waals surface area contributed by atoms with E-state index in [2.05, 4.69) is 0 Å². The highest BCUT2D eigenvalue weighted by atomic mass is 31.2. The summed E-state index contributed by atoms with van der Waals surface area (Å²) in [4.78, 5) is 0. The summed E-state index contributed by atoms with van der Waals surface area (Å²) >= 11 is 0. The Balaban J connectivity index is 2.89. The first kappa shape index (κ1) is 12.7. The molecule has 2 atom stereocenters. The lowest BCUT2D eigenvalue weighted by molar-refractivity contribution is -0.107. The Bertz CT molecular complexity index is 280. The van der Waals surface area contributed by atoms with Crippen molar-refractivity contribution in [3.63, 3.8) is 0 Å². The molecule has 1 heterocycles. The molecule has 0 fully saturated rings. The molecular formula is C9H17O5P. The molecular weight excluding hydrogens is 219 g/mol. The van der Waals surface area contributed by atoms with Crippen molar-refractivity contribution in [2.75, 3.05) is 21.3 Å². The van der Waals surface area contributed by atoms with Gasteiger partial charge in [-0.25, -0.2) is 0 Å². The van der Waals surface area contributed by atoms with Gasteiger partial charge in [0.1, 0.15) is 0 Å². The zero-order chi connectivity index (χ0) is 11.5. The summed E-state index contributed by atoms with van der Waals surface area (Å²) in [6.07, 6.45) is 2.09. The van der Waals surface area contributed by atoms with Gasteiger partial charge in [-0.15, -0.1) is 0 Å². The normalized spacial score (nSPS) is 27.1. The highest BCUT2D eigenvalue weighted by molar-refractivity contribution is 7.58. The van der Waals surface area contributed by atoms with Crippen LogP contribution in [0.1, 0.15) is 13.3 Å². The molecule has 0 radical (unpaired) electrons. The summed E-state index contributed by atoms with van der Waals surface area (Å²) in [5.41, 5.74) is 0.234. The van der Waals surface area contributed by atoms with Crippen LogP contribution in [0.3, 0.4) is 0 Å². The molecule has 0 unspecified atom stereocenters. The van der Waals surface area contributed by atoms with E-state index >= 15 is 0 Å². The molecule has 0 saturated heterocycles. The number of ether oxygens (including phenoxy) is 2. The Morgan fingerprint density at radius 1 is 1.40 bits per heavy atom. The molecule has 0 amide bonds. The van der Waals surface area contributed by atoms with Crippen LogP contribution in [0.15, 0.2) is 11.6 Å². The van der Waals surface area contributed by atoms with Crippen molar-refractivity contribution in [1.82, 2.24) is 0 Å². The summed E-state index contributed by atoms with van der Waals surface area (Å²) < 4.78 is 32.2. The predicted octanol–water partition coefficient (Wildman–Crippen LogP) is 2.34. The molecule has 0 spiro atoms. The van der Waals surface area contributed by atoms with Crippen molar-refractivity contribution < 1.29 is 23.1 Å². The third-order valence-corrected chi connectivity index (χ3v) is 4.01. The second-order valence-electron chi connectivity index (χ2n) is 3.36. The Morgan fingerprint density at radius 2 is 2.00 bits per heavy atom. The highest BCUT2D eigenvalue weighted by Gasteiger charge is 2.35. The number of hydrogen-bond donors (Lipinski definition) is 0. The van der Waals surface area contributed by atoms with Crippen molar-refractivity contribution in [2.45, 2.75) is 19.6 Å². The lowest BCUT2D eigenvalue weighted by atomic mass is 10.1. The summed E-state index contributed by atoms with van der Waals surface area (Å²) in [5.74, 6) is 0.220. The summed E-state index contributed by atoms with van der Waals surface area (Å²) in [7, 11) is 0.919. The Labute approximate surface area is 89.9 Å². The van der Waals surface area contributed by atoms with E-state index in [0.717, 1.165) is 6.42 Å². The number of hydrogen-bond acceptors (Lipinski definition) is 5. The van der Waals surface area contributed by atoms with E-state index in [4.69, 9.17) is 18.5 Å². The lowest BCUT2D eigenvalue weighted by Gasteiger charge is -2.28. The van der Waals surface area contributed by atoms with Crippen molar-refractivity contribution >= 4 is 7.60 Å². The van der Waals surface area contributed by atoms with E-state index in [0.29, 0.717) is 0 Å². The number of allylic oxidation sites excluding steroid dienone is 1. The first-order valence-corrected chi connectivity index (χ1v) is 6.23. The molecule has 0 N–H and O–H groups in total.